The first-order valence-electron chi connectivity index (χ1n) is 8.20. The second-order valence-electron chi connectivity index (χ2n) is 6.44. The van der Waals surface area contributed by atoms with Crippen LogP contribution in [0.25, 0.3) is 0 Å². The van der Waals surface area contributed by atoms with E-state index in [4.69, 9.17) is 4.74 Å². The maximum absolute atomic E-state index is 13.8. The Kier molecular flexibility index (Phi) is 3.70. The van der Waals surface area contributed by atoms with Crippen LogP contribution in [0.15, 0.2) is 24.4 Å². The van der Waals surface area contributed by atoms with Gasteiger partial charge in [-0.05, 0) is 37.5 Å². The molecule has 2 heterocycles. The van der Waals surface area contributed by atoms with Crippen molar-refractivity contribution in [3.8, 4) is 5.75 Å². The van der Waals surface area contributed by atoms with Gasteiger partial charge in [0.2, 0.25) is 0 Å². The Morgan fingerprint density at radius 3 is 2.88 bits per heavy atom. The summed E-state index contributed by atoms with van der Waals surface area (Å²) in [7, 11) is 1.40. The van der Waals surface area contributed by atoms with Crippen LogP contribution < -0.4 is 4.74 Å². The van der Waals surface area contributed by atoms with Crippen LogP contribution in [0.3, 0.4) is 0 Å². The minimum atomic E-state index is -0.524. The first-order chi connectivity index (χ1) is 11.7. The predicted molar refractivity (Wildman–Crippen MR) is 84.5 cm³/mol. The molecule has 1 aromatic carbocycles. The predicted octanol–water partition coefficient (Wildman–Crippen LogP) is 2.39. The van der Waals surface area contributed by atoms with E-state index in [2.05, 4.69) is 10.3 Å². The van der Waals surface area contributed by atoms with Crippen molar-refractivity contribution in [1.29, 1.82) is 0 Å². The van der Waals surface area contributed by atoms with Crippen molar-refractivity contribution in [2.75, 3.05) is 20.2 Å². The molecule has 126 valence electrons. The van der Waals surface area contributed by atoms with Gasteiger partial charge >= 0.3 is 0 Å². The normalized spacial score (nSPS) is 20.4. The molecule has 1 saturated heterocycles. The molecular weight excluding hydrogens is 311 g/mol. The number of hydrogen-bond donors (Lipinski definition) is 0. The summed E-state index contributed by atoms with van der Waals surface area (Å²) in [5.41, 5.74) is 1.39. The lowest BCUT2D eigenvalue weighted by atomic mass is 10.2. The van der Waals surface area contributed by atoms with E-state index >= 15 is 0 Å². The number of likely N-dealkylation sites (tertiary alicyclic amines) is 1. The van der Waals surface area contributed by atoms with Crippen LogP contribution in [0, 0.1) is 5.82 Å². The molecule has 0 bridgehead atoms. The van der Waals surface area contributed by atoms with Crippen molar-refractivity contribution >= 4 is 5.91 Å². The first-order valence-corrected chi connectivity index (χ1v) is 8.20. The summed E-state index contributed by atoms with van der Waals surface area (Å²) in [4.78, 5) is 14.3. The lowest BCUT2D eigenvalue weighted by Gasteiger charge is -2.17. The number of carbonyl (C=O) groups excluding carboxylic acids is 1. The van der Waals surface area contributed by atoms with E-state index in [-0.39, 0.29) is 17.7 Å². The van der Waals surface area contributed by atoms with Gasteiger partial charge in [-0.2, -0.15) is 0 Å². The van der Waals surface area contributed by atoms with E-state index in [0.29, 0.717) is 24.6 Å². The lowest BCUT2D eigenvalue weighted by molar-refractivity contribution is 0.0786. The molecule has 24 heavy (non-hydrogen) atoms. The summed E-state index contributed by atoms with van der Waals surface area (Å²) in [6.07, 6.45) is 5.22. The summed E-state index contributed by atoms with van der Waals surface area (Å²) in [5, 5.41) is 8.44. The molecule has 1 aromatic heterocycles. The number of amides is 1. The van der Waals surface area contributed by atoms with Crippen molar-refractivity contribution in [2.45, 2.75) is 31.2 Å². The van der Waals surface area contributed by atoms with E-state index in [9.17, 15) is 9.18 Å². The fraction of sp³-hybridized carbons (Fsp3) is 0.471. The summed E-state index contributed by atoms with van der Waals surface area (Å²) in [6, 6.07) is 4.44. The highest BCUT2D eigenvalue weighted by Gasteiger charge is 2.31. The Balaban J connectivity index is 1.45. The number of hydrogen-bond acceptors (Lipinski definition) is 4. The molecule has 2 fully saturated rings. The summed E-state index contributed by atoms with van der Waals surface area (Å²) < 4.78 is 20.6. The molecular formula is C17H19FN4O2. The van der Waals surface area contributed by atoms with Gasteiger partial charge in [-0.3, -0.25) is 4.79 Å². The van der Waals surface area contributed by atoms with Gasteiger partial charge in [-0.1, -0.05) is 5.21 Å². The van der Waals surface area contributed by atoms with Gasteiger partial charge in [0.1, 0.15) is 0 Å². The number of benzene rings is 1. The largest absolute Gasteiger partial charge is 0.494 e. The van der Waals surface area contributed by atoms with E-state index < -0.39 is 5.82 Å². The zero-order valence-electron chi connectivity index (χ0n) is 13.5. The maximum Gasteiger partial charge on any atom is 0.254 e. The summed E-state index contributed by atoms with van der Waals surface area (Å²) in [5.74, 6) is 0.0206. The highest BCUT2D eigenvalue weighted by molar-refractivity contribution is 5.94. The fourth-order valence-electron chi connectivity index (χ4n) is 3.16. The maximum atomic E-state index is 13.8. The van der Waals surface area contributed by atoms with E-state index in [1.165, 1.54) is 32.1 Å². The smallest absolute Gasteiger partial charge is 0.254 e. The third kappa shape index (κ3) is 2.74. The number of carbonyl (C=O) groups is 1. The number of nitrogens with zero attached hydrogens (tertiary/aromatic N) is 4. The highest BCUT2D eigenvalue weighted by atomic mass is 19.1. The second kappa shape index (κ2) is 5.89. The lowest BCUT2D eigenvalue weighted by Crippen LogP contribution is -2.29. The van der Waals surface area contributed by atoms with Crippen molar-refractivity contribution in [1.82, 2.24) is 19.9 Å². The Hall–Kier alpha value is -2.44. The quantitative estimate of drug-likeness (QED) is 0.864. The first kappa shape index (κ1) is 15.1. The Labute approximate surface area is 139 Å². The topological polar surface area (TPSA) is 60.2 Å². The van der Waals surface area contributed by atoms with Crippen molar-refractivity contribution < 1.29 is 13.9 Å². The van der Waals surface area contributed by atoms with Gasteiger partial charge < -0.3 is 9.64 Å². The molecule has 2 aliphatic rings. The Morgan fingerprint density at radius 1 is 1.33 bits per heavy atom. The number of halogens is 1. The summed E-state index contributed by atoms with van der Waals surface area (Å²) >= 11 is 0. The molecule has 1 saturated carbocycles. The molecule has 1 aliphatic heterocycles. The zero-order valence-corrected chi connectivity index (χ0v) is 13.5. The van der Waals surface area contributed by atoms with Crippen molar-refractivity contribution in [3.63, 3.8) is 0 Å². The molecule has 0 radical (unpaired) electrons. The van der Waals surface area contributed by atoms with Crippen LogP contribution >= 0.6 is 0 Å². The molecule has 0 N–H and O–H groups in total. The van der Waals surface area contributed by atoms with Gasteiger partial charge in [-0.15, -0.1) is 5.10 Å². The van der Waals surface area contributed by atoms with Crippen LogP contribution in [0.4, 0.5) is 4.39 Å². The van der Waals surface area contributed by atoms with Crippen LogP contribution in [0.2, 0.25) is 0 Å². The summed E-state index contributed by atoms with van der Waals surface area (Å²) in [6.45, 7) is 1.20. The molecule has 0 unspecified atom stereocenters. The monoisotopic (exact) mass is 330 g/mol. The number of ether oxygens (including phenoxy) is 1. The van der Waals surface area contributed by atoms with Gasteiger partial charge in [0.25, 0.3) is 5.91 Å². The molecule has 2 aromatic rings. The van der Waals surface area contributed by atoms with Crippen LogP contribution in [-0.4, -0.2) is 46.0 Å². The second-order valence-corrected chi connectivity index (χ2v) is 6.44. The van der Waals surface area contributed by atoms with Crippen LogP contribution in [0.5, 0.6) is 5.75 Å². The van der Waals surface area contributed by atoms with Crippen molar-refractivity contribution in [2.24, 2.45) is 0 Å². The number of methoxy groups -OCH3 is 1. The molecule has 1 amide bonds. The van der Waals surface area contributed by atoms with Crippen molar-refractivity contribution in [3.05, 3.63) is 41.5 Å². The van der Waals surface area contributed by atoms with Gasteiger partial charge in [0, 0.05) is 30.8 Å². The average Bonchev–Trinajstić information content (AvgIpc) is 3.12. The molecule has 6 nitrogen and oxygen atoms in total. The molecule has 0 spiro atoms. The molecule has 7 heteroatoms. The molecule has 1 atom stereocenters. The van der Waals surface area contributed by atoms with Gasteiger partial charge in [0.05, 0.1) is 18.8 Å². The molecule has 4 rings (SSSR count). The fourth-order valence-corrected chi connectivity index (χ4v) is 3.16. The van der Waals surface area contributed by atoms with Crippen LogP contribution in [-0.2, 0) is 0 Å². The number of aromatic nitrogens is 3. The third-order valence-corrected chi connectivity index (χ3v) is 4.75. The van der Waals surface area contributed by atoms with Crippen LogP contribution in [0.1, 0.15) is 47.3 Å². The highest BCUT2D eigenvalue weighted by Crippen LogP contribution is 2.39. The number of rotatable bonds is 4. The minimum Gasteiger partial charge on any atom is -0.494 e. The average molecular weight is 330 g/mol. The third-order valence-electron chi connectivity index (χ3n) is 4.75. The van der Waals surface area contributed by atoms with Gasteiger partial charge in [0.15, 0.2) is 11.6 Å². The van der Waals surface area contributed by atoms with Gasteiger partial charge in [-0.25, -0.2) is 9.07 Å². The standard InChI is InChI=1S/C17H19FN4O2/c1-24-16-5-4-12(8-14(16)18)17(23)21-7-6-13(9-21)22-10-15(19-20-22)11-2-3-11/h4-5,8,10-11,13H,2-3,6-7,9H2,1H3/t13-/m1/s1. The Morgan fingerprint density at radius 2 is 2.17 bits per heavy atom. The van der Waals surface area contributed by atoms with E-state index in [1.54, 1.807) is 11.0 Å². The minimum absolute atomic E-state index is 0.136. The molecule has 1 aliphatic carbocycles. The SMILES string of the molecule is COc1ccc(C(=O)N2CC[C@@H](n3cc(C4CC4)nn3)C2)cc1F. The Bertz CT molecular complexity index is 772. The van der Waals surface area contributed by atoms with E-state index in [0.717, 1.165) is 12.1 Å². The van der Waals surface area contributed by atoms with E-state index in [1.807, 2.05) is 10.9 Å². The zero-order chi connectivity index (χ0) is 16.7.